The first-order valence-corrected chi connectivity index (χ1v) is 11.4. The van der Waals surface area contributed by atoms with E-state index in [2.05, 4.69) is 15.2 Å². The van der Waals surface area contributed by atoms with Crippen molar-refractivity contribution >= 4 is 28.7 Å². The number of nitrogens with one attached hydrogen (secondary N) is 1. The first-order valence-electron chi connectivity index (χ1n) is 11.4. The monoisotopic (exact) mass is 497 g/mol. The Labute approximate surface area is 204 Å². The number of rotatable bonds is 3. The highest BCUT2D eigenvalue weighted by Gasteiger charge is 2.43. The Bertz CT molecular complexity index is 1330. The van der Waals surface area contributed by atoms with E-state index in [0.29, 0.717) is 24.3 Å². The SMILES string of the molecule is CN1c2cc([N+](=O)[O-])ccc2N2CC[C@H](NC(=O)C(F)(F)F)C[C@@H]2c2c(-c3ccccn3)cccc21. The van der Waals surface area contributed by atoms with E-state index in [1.54, 1.807) is 18.3 Å². The summed E-state index contributed by atoms with van der Waals surface area (Å²) in [6.07, 6.45) is -2.79. The number of benzene rings is 2. The Morgan fingerprint density at radius 3 is 2.61 bits per heavy atom. The second-order valence-electron chi connectivity index (χ2n) is 8.84. The van der Waals surface area contributed by atoms with Gasteiger partial charge in [0.2, 0.25) is 0 Å². The van der Waals surface area contributed by atoms with Gasteiger partial charge in [-0.3, -0.25) is 19.9 Å². The summed E-state index contributed by atoms with van der Waals surface area (Å²) < 4.78 is 39.0. The van der Waals surface area contributed by atoms with E-state index < -0.39 is 29.1 Å². The van der Waals surface area contributed by atoms with E-state index in [-0.39, 0.29) is 12.1 Å². The van der Waals surface area contributed by atoms with Crippen LogP contribution in [0.4, 0.5) is 35.9 Å². The van der Waals surface area contributed by atoms with Crippen LogP contribution in [0, 0.1) is 10.1 Å². The molecule has 0 spiro atoms. The Morgan fingerprint density at radius 2 is 1.92 bits per heavy atom. The summed E-state index contributed by atoms with van der Waals surface area (Å²) in [5.41, 5.74) is 4.38. The zero-order valence-corrected chi connectivity index (χ0v) is 19.2. The first-order chi connectivity index (χ1) is 17.1. The molecule has 3 heterocycles. The van der Waals surface area contributed by atoms with Gasteiger partial charge in [-0.05, 0) is 37.1 Å². The molecule has 1 aromatic heterocycles. The topological polar surface area (TPSA) is 91.6 Å². The average molecular weight is 497 g/mol. The van der Waals surface area contributed by atoms with E-state index >= 15 is 0 Å². The van der Waals surface area contributed by atoms with Crippen molar-refractivity contribution in [2.75, 3.05) is 23.4 Å². The third-order valence-corrected chi connectivity index (χ3v) is 6.75. The molecule has 1 saturated heterocycles. The number of hydrogen-bond acceptors (Lipinski definition) is 6. The van der Waals surface area contributed by atoms with E-state index in [4.69, 9.17) is 0 Å². The van der Waals surface area contributed by atoms with Crippen molar-refractivity contribution in [2.24, 2.45) is 0 Å². The van der Waals surface area contributed by atoms with Crippen molar-refractivity contribution in [2.45, 2.75) is 31.1 Å². The summed E-state index contributed by atoms with van der Waals surface area (Å²) in [5, 5.41) is 13.7. The number of fused-ring (bicyclic) bond motifs is 5. The van der Waals surface area contributed by atoms with E-state index in [1.807, 2.05) is 42.3 Å². The summed E-state index contributed by atoms with van der Waals surface area (Å²) >= 11 is 0. The zero-order valence-electron chi connectivity index (χ0n) is 19.2. The number of carbonyl (C=O) groups excluding carboxylic acids is 1. The Hall–Kier alpha value is -4.15. The van der Waals surface area contributed by atoms with E-state index in [9.17, 15) is 28.1 Å². The number of halogens is 3. The third kappa shape index (κ3) is 4.10. The number of nitro groups is 1. The number of anilines is 3. The molecule has 8 nitrogen and oxygen atoms in total. The van der Waals surface area contributed by atoms with Gasteiger partial charge in [0, 0.05) is 54.8 Å². The number of hydrogen-bond donors (Lipinski definition) is 1. The fourth-order valence-electron chi connectivity index (χ4n) is 5.13. The van der Waals surface area contributed by atoms with Gasteiger partial charge in [-0.2, -0.15) is 13.2 Å². The summed E-state index contributed by atoms with van der Waals surface area (Å²) in [5.74, 6) is -1.96. The van der Waals surface area contributed by atoms with Crippen molar-refractivity contribution < 1.29 is 22.9 Å². The number of pyridine rings is 1. The fourth-order valence-corrected chi connectivity index (χ4v) is 5.13. The highest BCUT2D eigenvalue weighted by molar-refractivity contribution is 5.87. The molecule has 36 heavy (non-hydrogen) atoms. The van der Waals surface area contributed by atoms with Crippen molar-refractivity contribution in [1.82, 2.24) is 10.3 Å². The van der Waals surface area contributed by atoms with Gasteiger partial charge in [-0.1, -0.05) is 18.2 Å². The maximum atomic E-state index is 13.0. The highest BCUT2D eigenvalue weighted by Crippen LogP contribution is 2.51. The van der Waals surface area contributed by atoms with Gasteiger partial charge < -0.3 is 15.1 Å². The standard InChI is InChI=1S/C25H22F3N5O3/c1-31-20-7-4-5-17(18-6-2-3-11-29-18)23(20)22-13-15(30-24(34)25(26,27)28)10-12-32(22)19-9-8-16(33(35)36)14-21(19)31/h2-9,11,14-15,22H,10,12-13H2,1H3,(H,30,34)/t15-,22+/m0/s1. The number of nitro benzene ring substituents is 1. The van der Waals surface area contributed by atoms with Crippen LogP contribution in [0.2, 0.25) is 0 Å². The van der Waals surface area contributed by atoms with Crippen molar-refractivity contribution in [3.05, 3.63) is 76.5 Å². The molecular formula is C25H22F3N5O3. The maximum absolute atomic E-state index is 13.0. The molecule has 0 saturated carbocycles. The molecule has 2 aromatic carbocycles. The van der Waals surface area contributed by atoms with Crippen LogP contribution in [0.15, 0.2) is 60.8 Å². The van der Waals surface area contributed by atoms with Gasteiger partial charge in [-0.25, -0.2) is 0 Å². The third-order valence-electron chi connectivity index (χ3n) is 6.75. The summed E-state index contributed by atoms with van der Waals surface area (Å²) in [4.78, 5) is 31.2. The van der Waals surface area contributed by atoms with Crippen molar-refractivity contribution in [1.29, 1.82) is 0 Å². The predicted octanol–water partition coefficient (Wildman–Crippen LogP) is 5.13. The lowest BCUT2D eigenvalue weighted by Crippen LogP contribution is -2.49. The van der Waals surface area contributed by atoms with Gasteiger partial charge in [0.1, 0.15) is 0 Å². The van der Waals surface area contributed by atoms with Crippen LogP contribution in [-0.2, 0) is 4.79 Å². The van der Waals surface area contributed by atoms with Crippen LogP contribution >= 0.6 is 0 Å². The molecular weight excluding hydrogens is 475 g/mol. The molecule has 2 atom stereocenters. The summed E-state index contributed by atoms with van der Waals surface area (Å²) in [7, 11) is 1.81. The minimum Gasteiger partial charge on any atom is -0.363 e. The molecule has 0 radical (unpaired) electrons. The molecule has 3 aromatic rings. The second kappa shape index (κ2) is 8.81. The van der Waals surface area contributed by atoms with Crippen LogP contribution in [0.3, 0.4) is 0 Å². The molecule has 2 aliphatic heterocycles. The normalized spacial score (nSPS) is 19.0. The zero-order chi connectivity index (χ0) is 25.6. The molecule has 186 valence electrons. The largest absolute Gasteiger partial charge is 0.471 e. The number of amides is 1. The van der Waals surface area contributed by atoms with Crippen LogP contribution in [0.25, 0.3) is 11.3 Å². The van der Waals surface area contributed by atoms with Crippen LogP contribution < -0.4 is 15.1 Å². The quantitative estimate of drug-likeness (QED) is 0.399. The lowest BCUT2D eigenvalue weighted by molar-refractivity contribution is -0.384. The second-order valence-corrected chi connectivity index (χ2v) is 8.84. The van der Waals surface area contributed by atoms with Crippen LogP contribution in [0.5, 0.6) is 0 Å². The molecule has 0 bridgehead atoms. The molecule has 11 heteroatoms. The number of alkyl halides is 3. The number of carbonyl (C=O) groups is 1. The van der Waals surface area contributed by atoms with Gasteiger partial charge in [0.25, 0.3) is 5.69 Å². The van der Waals surface area contributed by atoms with Crippen molar-refractivity contribution in [3.8, 4) is 11.3 Å². The molecule has 0 unspecified atom stereocenters. The minimum absolute atomic E-state index is 0.0613. The van der Waals surface area contributed by atoms with E-state index in [1.165, 1.54) is 12.1 Å². The predicted molar refractivity (Wildman–Crippen MR) is 128 cm³/mol. The minimum atomic E-state index is -4.97. The number of piperidine rings is 1. The lowest BCUT2D eigenvalue weighted by atomic mass is 9.87. The number of nitrogens with zero attached hydrogens (tertiary/aromatic N) is 4. The first kappa shape index (κ1) is 23.6. The molecule has 1 fully saturated rings. The molecule has 1 amide bonds. The van der Waals surface area contributed by atoms with Gasteiger partial charge in [0.05, 0.1) is 28.0 Å². The summed E-state index contributed by atoms with van der Waals surface area (Å²) in [6, 6.07) is 14.7. The Morgan fingerprint density at radius 1 is 1.11 bits per heavy atom. The molecule has 5 rings (SSSR count). The molecule has 0 aliphatic carbocycles. The average Bonchev–Trinajstić information content (AvgIpc) is 2.97. The van der Waals surface area contributed by atoms with E-state index in [0.717, 1.165) is 22.5 Å². The maximum Gasteiger partial charge on any atom is 0.471 e. The van der Waals surface area contributed by atoms with Crippen LogP contribution in [0.1, 0.15) is 24.4 Å². The fraction of sp³-hybridized carbons (Fsp3) is 0.280. The number of aromatic nitrogens is 1. The van der Waals surface area contributed by atoms with Gasteiger partial charge in [0.15, 0.2) is 0 Å². The Kier molecular flexibility index (Phi) is 5.77. The molecule has 2 aliphatic rings. The van der Waals surface area contributed by atoms with Gasteiger partial charge >= 0.3 is 12.1 Å². The molecule has 1 N–H and O–H groups in total. The van der Waals surface area contributed by atoms with Gasteiger partial charge in [-0.15, -0.1) is 0 Å². The lowest BCUT2D eigenvalue weighted by Gasteiger charge is -2.41. The smallest absolute Gasteiger partial charge is 0.363 e. The van der Waals surface area contributed by atoms with Crippen LogP contribution in [-0.4, -0.2) is 41.6 Å². The summed E-state index contributed by atoms with van der Waals surface area (Å²) in [6.45, 7) is 0.349. The Balaban J connectivity index is 1.67. The highest BCUT2D eigenvalue weighted by atomic mass is 19.4. The van der Waals surface area contributed by atoms with Crippen molar-refractivity contribution in [3.63, 3.8) is 0 Å². The number of non-ortho nitro benzene ring substituents is 1.